The van der Waals surface area contributed by atoms with Crippen molar-refractivity contribution in [3.05, 3.63) is 93.2 Å². The maximum atomic E-state index is 17.4. The maximum Gasteiger partial charge on any atom is 0.380 e. The number of allylic oxidation sites excluding steroid dienone is 2. The lowest BCUT2D eigenvalue weighted by molar-refractivity contribution is -0.254. The zero-order valence-electron chi connectivity index (χ0n) is 41.9. The van der Waals surface area contributed by atoms with E-state index in [4.69, 9.17) is 23.4 Å². The molecule has 0 N–H and O–H groups in total. The maximum absolute atomic E-state index is 17.4. The smallest absolute Gasteiger partial charge is 0.380 e. The lowest BCUT2D eigenvalue weighted by atomic mass is 9.86. The van der Waals surface area contributed by atoms with E-state index in [-0.39, 0.29) is 107 Å². The van der Waals surface area contributed by atoms with Gasteiger partial charge in [-0.2, -0.15) is 26.3 Å². The molecule has 0 fully saturated rings. The second-order valence-corrected chi connectivity index (χ2v) is 23.8. The molecule has 1 aliphatic rings. The lowest BCUT2D eigenvalue weighted by Gasteiger charge is -2.26. The van der Waals surface area contributed by atoms with Crippen LogP contribution in [-0.2, 0) is 35.3 Å². The van der Waals surface area contributed by atoms with E-state index < -0.39 is 52.0 Å². The number of carbonyl (C=O) groups is 2. The number of fused-ring (bicyclic) bond motifs is 1. The fourth-order valence-corrected chi connectivity index (χ4v) is 11.7. The van der Waals surface area contributed by atoms with Crippen LogP contribution in [0.1, 0.15) is 128 Å². The molecule has 382 valence electrons. The molecule has 0 radical (unpaired) electrons. The van der Waals surface area contributed by atoms with Crippen molar-refractivity contribution in [1.82, 2.24) is 0 Å². The van der Waals surface area contributed by atoms with Crippen molar-refractivity contribution >= 4 is 68.1 Å². The molecule has 0 atom stereocenters. The molecule has 0 spiro atoms. The number of esters is 2. The van der Waals surface area contributed by atoms with Gasteiger partial charge in [0.05, 0.1) is 31.3 Å². The van der Waals surface area contributed by atoms with Crippen molar-refractivity contribution in [3.63, 3.8) is 0 Å². The second kappa shape index (κ2) is 20.1. The first kappa shape index (κ1) is 53.7. The van der Waals surface area contributed by atoms with Gasteiger partial charge in [0.1, 0.15) is 11.3 Å². The van der Waals surface area contributed by atoms with Crippen molar-refractivity contribution in [3.8, 4) is 42.3 Å². The molecule has 1 aliphatic carbocycles. The summed E-state index contributed by atoms with van der Waals surface area (Å²) in [5, 5.41) is -0.226. The Labute approximate surface area is 423 Å². The first-order chi connectivity index (χ1) is 33.1. The number of carbonyl (C=O) groups excluding carboxylic acids is 2. The summed E-state index contributed by atoms with van der Waals surface area (Å²) >= 11 is 3.78. The molecule has 0 saturated carbocycles. The molecular weight excluding hydrogens is 983 g/mol. The normalized spacial score (nSPS) is 15.7. The van der Waals surface area contributed by atoms with E-state index in [2.05, 4.69) is 0 Å². The highest BCUT2D eigenvalue weighted by Gasteiger charge is 2.81. The van der Waals surface area contributed by atoms with Crippen LogP contribution in [0.15, 0.2) is 71.1 Å². The quantitative estimate of drug-likeness (QED) is 0.0511. The Morgan fingerprint density at radius 1 is 0.592 bits per heavy atom. The predicted molar refractivity (Wildman–Crippen MR) is 273 cm³/mol. The summed E-state index contributed by atoms with van der Waals surface area (Å²) in [6, 6.07) is 17.9. The Bertz CT molecular complexity index is 2930. The Hall–Kier alpha value is -5.06. The van der Waals surface area contributed by atoms with Gasteiger partial charge < -0.3 is 23.4 Å². The van der Waals surface area contributed by atoms with Gasteiger partial charge in [-0.3, -0.25) is 9.59 Å². The van der Waals surface area contributed by atoms with Gasteiger partial charge in [0.15, 0.2) is 11.5 Å². The monoisotopic (exact) mass is 1040 g/mol. The van der Waals surface area contributed by atoms with Crippen LogP contribution in [0.3, 0.4) is 0 Å². The molecule has 0 aliphatic heterocycles. The molecule has 2 aromatic carbocycles. The highest BCUT2D eigenvalue weighted by molar-refractivity contribution is 7.26. The molecule has 0 saturated heterocycles. The topological polar surface area (TPSA) is 84.2 Å². The van der Waals surface area contributed by atoms with Gasteiger partial charge in [-0.15, -0.1) is 34.0 Å². The van der Waals surface area contributed by atoms with Crippen LogP contribution in [0.5, 0.6) is 11.5 Å². The second-order valence-electron chi connectivity index (χ2n) is 20.6. The zero-order chi connectivity index (χ0) is 52.1. The van der Waals surface area contributed by atoms with Crippen LogP contribution in [0.25, 0.3) is 52.9 Å². The van der Waals surface area contributed by atoms with Crippen LogP contribution in [0.4, 0.5) is 26.3 Å². The first-order valence-electron chi connectivity index (χ1n) is 23.6. The van der Waals surface area contributed by atoms with Gasteiger partial charge in [0.2, 0.25) is 0 Å². The van der Waals surface area contributed by atoms with Crippen LogP contribution in [-0.4, -0.2) is 56.1 Å². The molecule has 0 unspecified atom stereocenters. The fourth-order valence-electron chi connectivity index (χ4n) is 8.20. The fraction of sp³-hybridized carbons (Fsp3) is 0.455. The Balaban J connectivity index is 1.54. The SMILES string of the molecule is CCOC(=O)CCCOc1cc2oc(-c3ccc(C(C)(C)C)cc3)c(C3=C(c4cc(-c5ccc(C(C)(C)C)s5)sc4-c4ccc(C(C)(C)C)s4)C(F)(F)C(F)(F)C3(F)F)c2cc1OCCCC(=O)OCC. The summed E-state index contributed by atoms with van der Waals surface area (Å²) in [7, 11) is 0. The number of ether oxygens (including phenoxy) is 4. The summed E-state index contributed by atoms with van der Waals surface area (Å²) in [6.07, 6.45) is 0.341. The number of halogens is 6. The van der Waals surface area contributed by atoms with E-state index in [1.54, 1.807) is 44.2 Å². The van der Waals surface area contributed by atoms with E-state index in [0.717, 1.165) is 26.7 Å². The standard InChI is InChI=1S/C55H60F6O7S3/c1-12-64-43(62)16-14-26-66-36-28-33-35(30-37(36)67-27-15-17-44(63)65-13-2)68-48(31-18-20-32(21-19-31)50(3,4)5)45(33)47-46(53(56,57)55(60,61)54(47,58)59)34-29-40(38-22-24-41(69-38)51(6,7)8)71-49(34)39-23-25-42(70-39)52(9,10)11/h18-25,28-30H,12-17,26-27H2,1-11H3. The molecule has 0 bridgehead atoms. The van der Waals surface area contributed by atoms with Gasteiger partial charge in [-0.25, -0.2) is 0 Å². The van der Waals surface area contributed by atoms with Crippen LogP contribution in [0, 0.1) is 0 Å². The number of benzene rings is 2. The van der Waals surface area contributed by atoms with Crippen molar-refractivity contribution in [1.29, 1.82) is 0 Å². The van der Waals surface area contributed by atoms with E-state index in [9.17, 15) is 9.59 Å². The van der Waals surface area contributed by atoms with E-state index in [1.807, 2.05) is 80.5 Å². The molecule has 4 heterocycles. The van der Waals surface area contributed by atoms with Crippen molar-refractivity contribution in [2.45, 2.75) is 136 Å². The van der Waals surface area contributed by atoms with Crippen molar-refractivity contribution < 1.29 is 59.3 Å². The largest absolute Gasteiger partial charge is 0.490 e. The number of hydrogen-bond donors (Lipinski definition) is 0. The minimum atomic E-state index is -5.91. The van der Waals surface area contributed by atoms with Gasteiger partial charge in [-0.05, 0) is 84.9 Å². The Kier molecular flexibility index (Phi) is 15.2. The third kappa shape index (κ3) is 10.7. The van der Waals surface area contributed by atoms with Crippen LogP contribution < -0.4 is 9.47 Å². The lowest BCUT2D eigenvalue weighted by Crippen LogP contribution is -2.48. The summed E-state index contributed by atoms with van der Waals surface area (Å²) in [5.74, 6) is -18.1. The molecule has 71 heavy (non-hydrogen) atoms. The molecule has 7 nitrogen and oxygen atoms in total. The first-order valence-corrected chi connectivity index (χ1v) is 26.1. The number of hydrogen-bond acceptors (Lipinski definition) is 10. The van der Waals surface area contributed by atoms with Crippen molar-refractivity contribution in [2.24, 2.45) is 0 Å². The van der Waals surface area contributed by atoms with Crippen LogP contribution in [0.2, 0.25) is 0 Å². The predicted octanol–water partition coefficient (Wildman–Crippen LogP) is 16.8. The minimum absolute atomic E-state index is 0.0133. The minimum Gasteiger partial charge on any atom is -0.490 e. The van der Waals surface area contributed by atoms with Gasteiger partial charge in [-0.1, -0.05) is 86.6 Å². The number of furan rings is 1. The third-order valence-electron chi connectivity index (χ3n) is 12.0. The molecule has 4 aromatic heterocycles. The average molecular weight is 1040 g/mol. The highest BCUT2D eigenvalue weighted by Crippen LogP contribution is 2.68. The Morgan fingerprint density at radius 2 is 1.10 bits per heavy atom. The summed E-state index contributed by atoms with van der Waals surface area (Å²) in [5.41, 5.74) is -4.38. The molecule has 6 aromatic rings. The van der Waals surface area contributed by atoms with Crippen molar-refractivity contribution in [2.75, 3.05) is 26.4 Å². The van der Waals surface area contributed by atoms with E-state index in [0.29, 0.717) is 14.6 Å². The summed E-state index contributed by atoms with van der Waals surface area (Å²) in [4.78, 5) is 27.9. The Morgan fingerprint density at radius 3 is 1.61 bits per heavy atom. The van der Waals surface area contributed by atoms with E-state index >= 15 is 26.3 Å². The number of alkyl halides is 6. The average Bonchev–Trinajstić information content (AvgIpc) is 4.12. The summed E-state index contributed by atoms with van der Waals surface area (Å²) in [6.45, 7) is 21.5. The summed E-state index contributed by atoms with van der Waals surface area (Å²) < 4.78 is 131. The molecular formula is C55H60F6O7S3. The highest BCUT2D eigenvalue weighted by atomic mass is 32.1. The zero-order valence-corrected chi connectivity index (χ0v) is 44.3. The van der Waals surface area contributed by atoms with Gasteiger partial charge >= 0.3 is 29.7 Å². The molecule has 0 amide bonds. The number of rotatable bonds is 17. The van der Waals surface area contributed by atoms with Crippen LogP contribution >= 0.6 is 34.0 Å². The third-order valence-corrected chi connectivity index (χ3v) is 16.6. The van der Waals surface area contributed by atoms with Gasteiger partial charge in [0.25, 0.3) is 0 Å². The van der Waals surface area contributed by atoms with Gasteiger partial charge in [0, 0.05) is 76.5 Å². The molecule has 16 heteroatoms. The van der Waals surface area contributed by atoms with E-state index in [1.165, 1.54) is 40.9 Å². The number of thiophene rings is 3. The molecule has 7 rings (SSSR count).